The topological polar surface area (TPSA) is 42.0 Å². The number of thiophene rings is 1. The van der Waals surface area contributed by atoms with Crippen LogP contribution < -0.4 is 9.47 Å². The number of hydrogen-bond acceptors (Lipinski definition) is 5. The third-order valence-corrected chi connectivity index (χ3v) is 6.79. The van der Waals surface area contributed by atoms with Gasteiger partial charge in [0, 0.05) is 38.3 Å². The van der Waals surface area contributed by atoms with Crippen molar-refractivity contribution in [3.05, 3.63) is 81.0 Å². The monoisotopic (exact) mass is 450 g/mol. The number of rotatable bonds is 7. The molecule has 3 aromatic rings. The van der Waals surface area contributed by atoms with Crippen LogP contribution in [0.1, 0.15) is 31.9 Å². The summed E-state index contributed by atoms with van der Waals surface area (Å²) < 4.78 is 11.2. The van der Waals surface area contributed by atoms with Crippen LogP contribution in [0.2, 0.25) is 0 Å². The number of methoxy groups -OCH3 is 1. The van der Waals surface area contributed by atoms with Gasteiger partial charge in [0.1, 0.15) is 18.1 Å². The molecule has 0 radical (unpaired) electrons. The zero-order valence-electron chi connectivity index (χ0n) is 19.0. The van der Waals surface area contributed by atoms with E-state index in [0.717, 1.165) is 60.2 Å². The third kappa shape index (κ3) is 5.50. The van der Waals surface area contributed by atoms with Crippen LogP contribution in [0.15, 0.2) is 53.9 Å². The van der Waals surface area contributed by atoms with Crippen LogP contribution in [0.3, 0.4) is 0 Å². The minimum absolute atomic E-state index is 0.122. The Morgan fingerprint density at radius 3 is 2.44 bits per heavy atom. The smallest absolute Gasteiger partial charge is 0.264 e. The molecule has 32 heavy (non-hydrogen) atoms. The lowest BCUT2D eigenvalue weighted by molar-refractivity contribution is 0.0633. The van der Waals surface area contributed by atoms with Crippen molar-refractivity contribution < 1.29 is 14.3 Å². The summed E-state index contributed by atoms with van der Waals surface area (Å²) in [6.45, 7) is 8.74. The van der Waals surface area contributed by atoms with Gasteiger partial charge in [0.15, 0.2) is 0 Å². The molecule has 0 aliphatic carbocycles. The van der Waals surface area contributed by atoms with E-state index in [0.29, 0.717) is 6.61 Å². The standard InChI is InChI=1S/C26H30N2O3S/c1-19-4-5-20(2)24(14-19)31-17-22-15-25(32-18-22)26(29)28-12-10-27(11-13-28)16-21-6-8-23(30-3)9-7-21/h4-9,14-15,18H,10-13,16-17H2,1-3H3. The van der Waals surface area contributed by atoms with Gasteiger partial charge in [-0.25, -0.2) is 0 Å². The summed E-state index contributed by atoms with van der Waals surface area (Å²) in [4.78, 5) is 18.1. The minimum Gasteiger partial charge on any atom is -0.497 e. The van der Waals surface area contributed by atoms with Crippen LogP contribution >= 0.6 is 11.3 Å². The van der Waals surface area contributed by atoms with Crippen LogP contribution in [-0.2, 0) is 13.2 Å². The zero-order chi connectivity index (χ0) is 22.5. The van der Waals surface area contributed by atoms with Crippen LogP contribution in [0.25, 0.3) is 0 Å². The molecule has 5 nitrogen and oxygen atoms in total. The number of benzene rings is 2. The summed E-state index contributed by atoms with van der Waals surface area (Å²) in [5.74, 6) is 1.90. The molecule has 6 heteroatoms. The molecule has 2 aromatic carbocycles. The van der Waals surface area contributed by atoms with E-state index in [1.54, 1.807) is 7.11 Å². The predicted molar refractivity (Wildman–Crippen MR) is 129 cm³/mol. The Balaban J connectivity index is 1.28. The van der Waals surface area contributed by atoms with Gasteiger partial charge in [-0.2, -0.15) is 0 Å². The van der Waals surface area contributed by atoms with Gasteiger partial charge in [0.2, 0.25) is 0 Å². The summed E-state index contributed by atoms with van der Waals surface area (Å²) in [5, 5.41) is 2.03. The lowest BCUT2D eigenvalue weighted by Gasteiger charge is -2.34. The van der Waals surface area contributed by atoms with E-state index < -0.39 is 0 Å². The fourth-order valence-electron chi connectivity index (χ4n) is 3.84. The quantitative estimate of drug-likeness (QED) is 0.513. The van der Waals surface area contributed by atoms with Gasteiger partial charge in [-0.1, -0.05) is 24.3 Å². The van der Waals surface area contributed by atoms with Crippen molar-refractivity contribution in [1.29, 1.82) is 0 Å². The maximum atomic E-state index is 13.0. The Morgan fingerprint density at radius 2 is 1.72 bits per heavy atom. The van der Waals surface area contributed by atoms with E-state index in [4.69, 9.17) is 9.47 Å². The lowest BCUT2D eigenvalue weighted by Crippen LogP contribution is -2.48. The second-order valence-electron chi connectivity index (χ2n) is 8.29. The molecule has 4 rings (SSSR count). The highest BCUT2D eigenvalue weighted by molar-refractivity contribution is 7.12. The minimum atomic E-state index is 0.122. The number of piperazine rings is 1. The molecule has 1 aliphatic rings. The van der Waals surface area contributed by atoms with Crippen molar-refractivity contribution >= 4 is 17.2 Å². The molecule has 168 valence electrons. The van der Waals surface area contributed by atoms with Crippen molar-refractivity contribution in [2.75, 3.05) is 33.3 Å². The molecule has 1 aromatic heterocycles. The largest absolute Gasteiger partial charge is 0.497 e. The maximum Gasteiger partial charge on any atom is 0.264 e. The zero-order valence-corrected chi connectivity index (χ0v) is 19.8. The lowest BCUT2D eigenvalue weighted by atomic mass is 10.1. The van der Waals surface area contributed by atoms with Gasteiger partial charge >= 0.3 is 0 Å². The highest BCUT2D eigenvalue weighted by atomic mass is 32.1. The molecular weight excluding hydrogens is 420 g/mol. The van der Waals surface area contributed by atoms with E-state index >= 15 is 0 Å². The van der Waals surface area contributed by atoms with Crippen molar-refractivity contribution in [3.63, 3.8) is 0 Å². The highest BCUT2D eigenvalue weighted by Crippen LogP contribution is 2.23. The maximum absolute atomic E-state index is 13.0. The average Bonchev–Trinajstić information content (AvgIpc) is 3.29. The van der Waals surface area contributed by atoms with E-state index in [-0.39, 0.29) is 5.91 Å². The normalized spacial score (nSPS) is 14.4. The van der Waals surface area contributed by atoms with E-state index in [1.807, 2.05) is 35.4 Å². The first kappa shape index (κ1) is 22.4. The molecule has 0 unspecified atom stereocenters. The Bertz CT molecular complexity index is 1050. The Kier molecular flexibility index (Phi) is 7.12. The second-order valence-corrected chi connectivity index (χ2v) is 9.20. The molecule has 0 N–H and O–H groups in total. The summed E-state index contributed by atoms with van der Waals surface area (Å²) in [7, 11) is 1.68. The second kappa shape index (κ2) is 10.2. The number of carbonyl (C=O) groups is 1. The number of carbonyl (C=O) groups excluding carboxylic acids is 1. The predicted octanol–water partition coefficient (Wildman–Crippen LogP) is 4.91. The first-order chi connectivity index (χ1) is 15.5. The van der Waals surface area contributed by atoms with E-state index in [9.17, 15) is 4.79 Å². The SMILES string of the molecule is COc1ccc(CN2CCN(C(=O)c3cc(COc4cc(C)ccc4C)cs3)CC2)cc1. The van der Waals surface area contributed by atoms with Crippen LogP contribution in [0, 0.1) is 13.8 Å². The number of ether oxygens (including phenoxy) is 2. The molecule has 1 saturated heterocycles. The molecule has 0 bridgehead atoms. The van der Waals surface area contributed by atoms with Gasteiger partial charge in [-0.15, -0.1) is 11.3 Å². The van der Waals surface area contributed by atoms with Crippen LogP contribution in [-0.4, -0.2) is 49.0 Å². The Labute approximate surface area is 194 Å². The van der Waals surface area contributed by atoms with Gasteiger partial charge in [-0.3, -0.25) is 9.69 Å². The fraction of sp³-hybridized carbons (Fsp3) is 0.346. The summed E-state index contributed by atoms with van der Waals surface area (Å²) in [6, 6.07) is 16.4. The van der Waals surface area contributed by atoms with E-state index in [2.05, 4.69) is 42.2 Å². The first-order valence-corrected chi connectivity index (χ1v) is 11.8. The summed E-state index contributed by atoms with van der Waals surface area (Å²) >= 11 is 1.50. The number of hydrogen-bond donors (Lipinski definition) is 0. The number of nitrogens with zero attached hydrogens (tertiary/aromatic N) is 2. The van der Waals surface area contributed by atoms with Gasteiger partial charge in [-0.05, 0) is 60.2 Å². The van der Waals surface area contributed by atoms with Crippen LogP contribution in [0.4, 0.5) is 0 Å². The highest BCUT2D eigenvalue weighted by Gasteiger charge is 2.23. The number of aryl methyl sites for hydroxylation is 2. The van der Waals surface area contributed by atoms with E-state index in [1.165, 1.54) is 22.5 Å². The molecule has 1 aliphatic heterocycles. The molecule has 0 atom stereocenters. The molecule has 2 heterocycles. The van der Waals surface area contributed by atoms with Crippen molar-refractivity contribution in [2.45, 2.75) is 27.0 Å². The molecule has 1 fully saturated rings. The van der Waals surface area contributed by atoms with Gasteiger partial charge < -0.3 is 14.4 Å². The third-order valence-electron chi connectivity index (χ3n) is 5.83. The van der Waals surface area contributed by atoms with Crippen molar-refractivity contribution in [1.82, 2.24) is 9.80 Å². The summed E-state index contributed by atoms with van der Waals surface area (Å²) in [5.41, 5.74) is 4.60. The molecular formula is C26H30N2O3S. The Hall–Kier alpha value is -2.83. The fourth-order valence-corrected chi connectivity index (χ4v) is 4.71. The molecule has 0 spiro atoms. The molecule has 1 amide bonds. The first-order valence-electron chi connectivity index (χ1n) is 10.9. The van der Waals surface area contributed by atoms with Gasteiger partial charge in [0.05, 0.1) is 12.0 Å². The van der Waals surface area contributed by atoms with Crippen molar-refractivity contribution in [3.8, 4) is 11.5 Å². The average molecular weight is 451 g/mol. The Morgan fingerprint density at radius 1 is 0.969 bits per heavy atom. The van der Waals surface area contributed by atoms with Crippen LogP contribution in [0.5, 0.6) is 11.5 Å². The number of amides is 1. The molecule has 0 saturated carbocycles. The van der Waals surface area contributed by atoms with Crippen molar-refractivity contribution in [2.24, 2.45) is 0 Å². The summed E-state index contributed by atoms with van der Waals surface area (Å²) in [6.07, 6.45) is 0. The van der Waals surface area contributed by atoms with Gasteiger partial charge in [0.25, 0.3) is 5.91 Å².